The summed E-state index contributed by atoms with van der Waals surface area (Å²) < 4.78 is 1.97. The third-order valence-electron chi connectivity index (χ3n) is 2.43. The van der Waals surface area contributed by atoms with Crippen LogP contribution in [0.25, 0.3) is 0 Å². The Morgan fingerprint density at radius 3 is 2.78 bits per heavy atom. The number of nitrogens with one attached hydrogen (secondary N) is 1. The van der Waals surface area contributed by atoms with E-state index in [4.69, 9.17) is 0 Å². The Bertz CT molecular complexity index is 544. The molecule has 0 saturated heterocycles. The summed E-state index contributed by atoms with van der Waals surface area (Å²) in [5, 5.41) is 3.34. The van der Waals surface area contributed by atoms with Crippen LogP contribution in [0.2, 0.25) is 0 Å². The molecule has 0 aliphatic carbocycles. The van der Waals surface area contributed by atoms with Crippen molar-refractivity contribution in [2.75, 3.05) is 0 Å². The normalized spacial score (nSPS) is 10.6. The molecule has 0 fully saturated rings. The minimum absolute atomic E-state index is 0.712. The lowest BCUT2D eigenvalue weighted by atomic mass is 10.3. The van der Waals surface area contributed by atoms with E-state index in [2.05, 4.69) is 47.1 Å². The molecule has 2 rings (SSSR count). The molecule has 5 heteroatoms. The minimum atomic E-state index is 0.712. The lowest BCUT2D eigenvalue weighted by molar-refractivity contribution is 0.663. The van der Waals surface area contributed by atoms with Crippen LogP contribution in [0.3, 0.4) is 0 Å². The van der Waals surface area contributed by atoms with Gasteiger partial charge in [0, 0.05) is 33.9 Å². The van der Waals surface area contributed by atoms with Gasteiger partial charge in [0.25, 0.3) is 0 Å². The van der Waals surface area contributed by atoms with Crippen LogP contribution < -0.4 is 5.32 Å². The third kappa shape index (κ3) is 3.86. The smallest absolute Gasteiger partial charge is 0.0684 e. The zero-order valence-corrected chi connectivity index (χ0v) is 13.1. The van der Waals surface area contributed by atoms with Crippen molar-refractivity contribution < 1.29 is 0 Å². The van der Waals surface area contributed by atoms with Gasteiger partial charge >= 0.3 is 0 Å². The molecule has 0 aliphatic heterocycles. The van der Waals surface area contributed by atoms with Gasteiger partial charge in [-0.2, -0.15) is 0 Å². The number of aryl methyl sites for hydroxylation is 1. The molecule has 0 atom stereocenters. The number of halogens is 2. The Morgan fingerprint density at radius 1 is 1.22 bits per heavy atom. The predicted molar refractivity (Wildman–Crippen MR) is 79.2 cm³/mol. The maximum atomic E-state index is 4.44. The van der Waals surface area contributed by atoms with Crippen LogP contribution in [0.15, 0.2) is 39.4 Å². The van der Waals surface area contributed by atoms with Gasteiger partial charge in [0.05, 0.1) is 11.4 Å². The first kappa shape index (κ1) is 13.6. The van der Waals surface area contributed by atoms with Gasteiger partial charge in [0.15, 0.2) is 0 Å². The summed E-state index contributed by atoms with van der Waals surface area (Å²) in [5.74, 6) is 0. The molecule has 0 aromatic carbocycles. The molecule has 2 aromatic rings. The number of rotatable bonds is 4. The second-order valence-electron chi connectivity index (χ2n) is 3.96. The fourth-order valence-corrected chi connectivity index (χ4v) is 2.71. The molecule has 0 amide bonds. The van der Waals surface area contributed by atoms with Crippen LogP contribution in [0, 0.1) is 6.92 Å². The first-order chi connectivity index (χ1) is 8.65. The maximum absolute atomic E-state index is 4.44. The highest BCUT2D eigenvalue weighted by Gasteiger charge is 2.02. The van der Waals surface area contributed by atoms with E-state index in [1.54, 1.807) is 6.20 Å². The zero-order chi connectivity index (χ0) is 13.0. The van der Waals surface area contributed by atoms with E-state index >= 15 is 0 Å². The van der Waals surface area contributed by atoms with Gasteiger partial charge in [-0.25, -0.2) is 0 Å². The average molecular weight is 371 g/mol. The van der Waals surface area contributed by atoms with Crippen molar-refractivity contribution >= 4 is 31.9 Å². The fourth-order valence-electron chi connectivity index (χ4n) is 1.58. The van der Waals surface area contributed by atoms with Crippen LogP contribution in [0.4, 0.5) is 0 Å². The summed E-state index contributed by atoms with van der Waals surface area (Å²) in [7, 11) is 0. The van der Waals surface area contributed by atoms with Crippen molar-refractivity contribution in [2.24, 2.45) is 0 Å². The summed E-state index contributed by atoms with van der Waals surface area (Å²) in [6.07, 6.45) is 1.80. The van der Waals surface area contributed by atoms with E-state index in [1.807, 2.05) is 31.2 Å². The maximum Gasteiger partial charge on any atom is 0.0684 e. The average Bonchev–Trinajstić information content (AvgIpc) is 2.32. The minimum Gasteiger partial charge on any atom is -0.305 e. The molecule has 0 bridgehead atoms. The monoisotopic (exact) mass is 369 g/mol. The topological polar surface area (TPSA) is 37.8 Å². The molecule has 2 heterocycles. The summed E-state index contributed by atoms with van der Waals surface area (Å²) in [4.78, 5) is 8.79. The van der Waals surface area contributed by atoms with Gasteiger partial charge in [-0.1, -0.05) is 6.07 Å². The van der Waals surface area contributed by atoms with Crippen LogP contribution in [0.5, 0.6) is 0 Å². The number of hydrogen-bond acceptors (Lipinski definition) is 3. The van der Waals surface area contributed by atoms with Gasteiger partial charge in [0.2, 0.25) is 0 Å². The molecule has 0 spiro atoms. The SMILES string of the molecule is Cc1cccc(CNCc2ncc(Br)cc2Br)n1. The Kier molecular flexibility index (Phi) is 4.86. The summed E-state index contributed by atoms with van der Waals surface area (Å²) in [5.41, 5.74) is 3.08. The Labute approximate surface area is 123 Å². The van der Waals surface area contributed by atoms with E-state index in [-0.39, 0.29) is 0 Å². The van der Waals surface area contributed by atoms with Crippen molar-refractivity contribution in [2.45, 2.75) is 20.0 Å². The number of hydrogen-bond donors (Lipinski definition) is 1. The molecule has 0 radical (unpaired) electrons. The van der Waals surface area contributed by atoms with Crippen molar-refractivity contribution in [3.05, 3.63) is 56.5 Å². The third-order valence-corrected chi connectivity index (χ3v) is 3.55. The molecule has 0 saturated carbocycles. The van der Waals surface area contributed by atoms with E-state index < -0.39 is 0 Å². The van der Waals surface area contributed by atoms with Gasteiger partial charge < -0.3 is 5.32 Å². The highest BCUT2D eigenvalue weighted by atomic mass is 79.9. The first-order valence-electron chi connectivity index (χ1n) is 5.58. The quantitative estimate of drug-likeness (QED) is 0.893. The number of nitrogens with zero attached hydrogens (tertiary/aromatic N) is 2. The van der Waals surface area contributed by atoms with Crippen LogP contribution in [-0.4, -0.2) is 9.97 Å². The predicted octanol–water partition coefficient (Wildman–Crippen LogP) is 3.60. The van der Waals surface area contributed by atoms with Gasteiger partial charge in [-0.3, -0.25) is 9.97 Å². The molecule has 0 unspecified atom stereocenters. The van der Waals surface area contributed by atoms with Crippen LogP contribution in [0.1, 0.15) is 17.1 Å². The molecule has 2 aromatic heterocycles. The zero-order valence-electron chi connectivity index (χ0n) is 9.95. The van der Waals surface area contributed by atoms with Crippen LogP contribution in [-0.2, 0) is 13.1 Å². The molecule has 0 aliphatic rings. The molecule has 94 valence electrons. The number of aromatic nitrogens is 2. The molecular formula is C13H13Br2N3. The van der Waals surface area contributed by atoms with Crippen molar-refractivity contribution in [3.63, 3.8) is 0 Å². The highest BCUT2D eigenvalue weighted by Crippen LogP contribution is 2.19. The van der Waals surface area contributed by atoms with E-state index in [1.165, 1.54) is 0 Å². The van der Waals surface area contributed by atoms with E-state index in [0.717, 1.165) is 32.6 Å². The van der Waals surface area contributed by atoms with Crippen molar-refractivity contribution in [1.29, 1.82) is 0 Å². The molecular weight excluding hydrogens is 358 g/mol. The van der Waals surface area contributed by atoms with Crippen LogP contribution >= 0.6 is 31.9 Å². The van der Waals surface area contributed by atoms with Crippen molar-refractivity contribution in [3.8, 4) is 0 Å². The second-order valence-corrected chi connectivity index (χ2v) is 5.73. The molecule has 18 heavy (non-hydrogen) atoms. The second kappa shape index (κ2) is 6.41. The molecule has 1 N–H and O–H groups in total. The lowest BCUT2D eigenvalue weighted by Gasteiger charge is -2.06. The summed E-state index contributed by atoms with van der Waals surface area (Å²) in [6, 6.07) is 8.03. The highest BCUT2D eigenvalue weighted by molar-refractivity contribution is 9.11. The fraction of sp³-hybridized carbons (Fsp3) is 0.231. The first-order valence-corrected chi connectivity index (χ1v) is 7.17. The lowest BCUT2D eigenvalue weighted by Crippen LogP contribution is -2.15. The summed E-state index contributed by atoms with van der Waals surface area (Å²) >= 11 is 6.88. The van der Waals surface area contributed by atoms with Gasteiger partial charge in [0.1, 0.15) is 0 Å². The largest absolute Gasteiger partial charge is 0.305 e. The van der Waals surface area contributed by atoms with Gasteiger partial charge in [-0.05, 0) is 57.0 Å². The molecule has 3 nitrogen and oxygen atoms in total. The van der Waals surface area contributed by atoms with Crippen molar-refractivity contribution in [1.82, 2.24) is 15.3 Å². The number of pyridine rings is 2. The van der Waals surface area contributed by atoms with E-state index in [9.17, 15) is 0 Å². The Balaban J connectivity index is 1.92. The van der Waals surface area contributed by atoms with Gasteiger partial charge in [-0.15, -0.1) is 0 Å². The Morgan fingerprint density at radius 2 is 2.06 bits per heavy atom. The Hall–Kier alpha value is -0.780. The van der Waals surface area contributed by atoms with E-state index in [0.29, 0.717) is 6.54 Å². The standard InChI is InChI=1S/C13H13Br2N3/c1-9-3-2-4-11(18-9)7-16-8-13-12(15)5-10(14)6-17-13/h2-6,16H,7-8H2,1H3. The summed E-state index contributed by atoms with van der Waals surface area (Å²) in [6.45, 7) is 3.45.